The summed E-state index contributed by atoms with van der Waals surface area (Å²) in [6.07, 6.45) is -5.89. The fourth-order valence-electron chi connectivity index (χ4n) is 2.52. The van der Waals surface area contributed by atoms with Gasteiger partial charge in [0.1, 0.15) is 12.2 Å². The molecular formula is C12H22O7. The fourth-order valence-corrected chi connectivity index (χ4v) is 2.52. The topological polar surface area (TPSA) is 109 Å². The molecule has 2 fully saturated rings. The summed E-state index contributed by atoms with van der Waals surface area (Å²) in [5.74, 6) is 0. The Morgan fingerprint density at radius 2 is 1.58 bits per heavy atom. The quantitative estimate of drug-likeness (QED) is 0.498. The minimum Gasteiger partial charge on any atom is -0.390 e. The van der Waals surface area contributed by atoms with Crippen LogP contribution in [0.2, 0.25) is 0 Å². The third kappa shape index (κ3) is 3.43. The van der Waals surface area contributed by atoms with E-state index in [0.29, 0.717) is 0 Å². The van der Waals surface area contributed by atoms with Crippen LogP contribution in [0.25, 0.3) is 0 Å². The number of hydrogen-bond acceptors (Lipinski definition) is 7. The second-order valence-corrected chi connectivity index (χ2v) is 5.26. The average Bonchev–Trinajstić information content (AvgIpc) is 2.30. The molecule has 2 aliphatic heterocycles. The Labute approximate surface area is 111 Å². The molecule has 0 radical (unpaired) electrons. The van der Waals surface area contributed by atoms with Crippen LogP contribution in [0.3, 0.4) is 0 Å². The second-order valence-electron chi connectivity index (χ2n) is 5.26. The first kappa shape index (κ1) is 15.1. The van der Waals surface area contributed by atoms with E-state index in [9.17, 15) is 20.4 Å². The minimum atomic E-state index is -0.997. The Kier molecular flexibility index (Phi) is 4.78. The molecule has 2 aliphatic rings. The lowest BCUT2D eigenvalue weighted by atomic mass is 10.0. The SMILES string of the molecule is C[C@H]1O[C@@H](O[C@H]2[C@@H](O)C[C@H](O)O[C@@H]2C)C[C@H](O)[C@@H]1O. The van der Waals surface area contributed by atoms with Crippen molar-refractivity contribution in [1.82, 2.24) is 0 Å². The minimum absolute atomic E-state index is 0.0719. The van der Waals surface area contributed by atoms with Crippen molar-refractivity contribution in [3.63, 3.8) is 0 Å². The van der Waals surface area contributed by atoms with Gasteiger partial charge in [0.15, 0.2) is 12.6 Å². The van der Waals surface area contributed by atoms with Crippen molar-refractivity contribution in [2.45, 2.75) is 75.9 Å². The van der Waals surface area contributed by atoms with Gasteiger partial charge in [-0.1, -0.05) is 0 Å². The molecule has 0 saturated carbocycles. The Morgan fingerprint density at radius 1 is 0.895 bits per heavy atom. The zero-order valence-corrected chi connectivity index (χ0v) is 11.0. The van der Waals surface area contributed by atoms with E-state index in [0.717, 1.165) is 0 Å². The van der Waals surface area contributed by atoms with E-state index in [1.165, 1.54) is 0 Å². The first-order chi connectivity index (χ1) is 8.88. The maximum atomic E-state index is 9.89. The standard InChI is InChI=1S/C12H22O7/c1-5-11(16)7(13)4-10(18-5)19-12-6(2)17-9(15)3-8(12)14/h5-16H,3-4H2,1-2H3/t5-,6-,7+,8+,9-,10+,11-,12-/m1/s1. The van der Waals surface area contributed by atoms with Crippen LogP contribution in [0.15, 0.2) is 0 Å². The molecule has 7 nitrogen and oxygen atoms in total. The van der Waals surface area contributed by atoms with Crippen molar-refractivity contribution in [3.8, 4) is 0 Å². The zero-order valence-electron chi connectivity index (χ0n) is 11.0. The summed E-state index contributed by atoms with van der Waals surface area (Å²) in [4.78, 5) is 0. The molecule has 4 N–H and O–H groups in total. The van der Waals surface area contributed by atoms with Crippen LogP contribution >= 0.6 is 0 Å². The largest absolute Gasteiger partial charge is 0.390 e. The third-order valence-corrected chi connectivity index (χ3v) is 3.64. The van der Waals surface area contributed by atoms with Crippen LogP contribution in [0.4, 0.5) is 0 Å². The first-order valence-corrected chi connectivity index (χ1v) is 6.57. The van der Waals surface area contributed by atoms with Crippen LogP contribution in [-0.2, 0) is 14.2 Å². The zero-order chi connectivity index (χ0) is 14.2. The summed E-state index contributed by atoms with van der Waals surface area (Å²) in [7, 11) is 0. The van der Waals surface area contributed by atoms with E-state index in [4.69, 9.17) is 14.2 Å². The number of hydrogen-bond donors (Lipinski definition) is 4. The lowest BCUT2D eigenvalue weighted by Gasteiger charge is -2.41. The van der Waals surface area contributed by atoms with E-state index >= 15 is 0 Å². The van der Waals surface area contributed by atoms with Gasteiger partial charge < -0.3 is 34.6 Å². The van der Waals surface area contributed by atoms with Crippen LogP contribution in [0.5, 0.6) is 0 Å². The Morgan fingerprint density at radius 3 is 2.16 bits per heavy atom. The fraction of sp³-hybridized carbons (Fsp3) is 1.00. The molecule has 2 heterocycles. The van der Waals surface area contributed by atoms with Crippen molar-refractivity contribution in [1.29, 1.82) is 0 Å². The molecule has 0 aromatic carbocycles. The number of ether oxygens (including phenoxy) is 3. The van der Waals surface area contributed by atoms with E-state index in [-0.39, 0.29) is 12.8 Å². The lowest BCUT2D eigenvalue weighted by Crippen LogP contribution is -2.53. The van der Waals surface area contributed by atoms with Gasteiger partial charge in [-0.25, -0.2) is 0 Å². The first-order valence-electron chi connectivity index (χ1n) is 6.57. The third-order valence-electron chi connectivity index (χ3n) is 3.64. The lowest BCUT2D eigenvalue weighted by molar-refractivity contribution is -0.306. The molecule has 7 heteroatoms. The van der Waals surface area contributed by atoms with E-state index in [1.807, 2.05) is 0 Å². The molecule has 0 unspecified atom stereocenters. The highest BCUT2D eigenvalue weighted by molar-refractivity contribution is 4.84. The number of aliphatic hydroxyl groups is 4. The molecule has 0 spiro atoms. The van der Waals surface area contributed by atoms with Gasteiger partial charge >= 0.3 is 0 Å². The molecule has 0 aromatic heterocycles. The highest BCUT2D eigenvalue weighted by atomic mass is 16.7. The van der Waals surface area contributed by atoms with E-state index in [1.54, 1.807) is 13.8 Å². The molecule has 0 aliphatic carbocycles. The van der Waals surface area contributed by atoms with Gasteiger partial charge in [0.05, 0.1) is 24.4 Å². The highest BCUT2D eigenvalue weighted by Crippen LogP contribution is 2.27. The van der Waals surface area contributed by atoms with Crippen molar-refractivity contribution in [3.05, 3.63) is 0 Å². The highest BCUT2D eigenvalue weighted by Gasteiger charge is 2.41. The average molecular weight is 278 g/mol. The summed E-state index contributed by atoms with van der Waals surface area (Å²) in [5, 5.41) is 38.5. The molecule has 8 atom stereocenters. The number of rotatable bonds is 2. The molecule has 0 aromatic rings. The molecule has 2 rings (SSSR count). The summed E-state index contributed by atoms with van der Waals surface area (Å²) in [5.41, 5.74) is 0. The normalized spacial score (nSPS) is 52.1. The maximum absolute atomic E-state index is 9.89. The Balaban J connectivity index is 1.93. The van der Waals surface area contributed by atoms with Gasteiger partial charge in [0.2, 0.25) is 0 Å². The summed E-state index contributed by atoms with van der Waals surface area (Å²) < 4.78 is 16.2. The van der Waals surface area contributed by atoms with Crippen molar-refractivity contribution in [2.24, 2.45) is 0 Å². The smallest absolute Gasteiger partial charge is 0.161 e. The van der Waals surface area contributed by atoms with Gasteiger partial charge in [-0.05, 0) is 13.8 Å². The van der Waals surface area contributed by atoms with Gasteiger partial charge in [-0.2, -0.15) is 0 Å². The molecule has 0 bridgehead atoms. The van der Waals surface area contributed by atoms with Gasteiger partial charge in [0, 0.05) is 12.8 Å². The van der Waals surface area contributed by atoms with Crippen LogP contribution in [-0.4, -0.2) is 69.6 Å². The van der Waals surface area contributed by atoms with E-state index in [2.05, 4.69) is 0 Å². The summed E-state index contributed by atoms with van der Waals surface area (Å²) >= 11 is 0. The second kappa shape index (κ2) is 6.01. The predicted molar refractivity (Wildman–Crippen MR) is 63.0 cm³/mol. The maximum Gasteiger partial charge on any atom is 0.161 e. The van der Waals surface area contributed by atoms with Crippen molar-refractivity contribution < 1.29 is 34.6 Å². The van der Waals surface area contributed by atoms with Gasteiger partial charge in [-0.15, -0.1) is 0 Å². The number of aliphatic hydroxyl groups excluding tert-OH is 4. The molecular weight excluding hydrogens is 256 g/mol. The molecule has 2 saturated heterocycles. The molecule has 0 amide bonds. The van der Waals surface area contributed by atoms with Crippen molar-refractivity contribution in [2.75, 3.05) is 0 Å². The van der Waals surface area contributed by atoms with Crippen molar-refractivity contribution >= 4 is 0 Å². The summed E-state index contributed by atoms with van der Waals surface area (Å²) in [6.45, 7) is 3.33. The van der Waals surface area contributed by atoms with Crippen LogP contribution < -0.4 is 0 Å². The van der Waals surface area contributed by atoms with Gasteiger partial charge in [0.25, 0.3) is 0 Å². The molecule has 19 heavy (non-hydrogen) atoms. The predicted octanol–water partition coefficient (Wildman–Crippen LogP) is -1.28. The van der Waals surface area contributed by atoms with Crippen LogP contribution in [0.1, 0.15) is 26.7 Å². The monoisotopic (exact) mass is 278 g/mol. The van der Waals surface area contributed by atoms with Gasteiger partial charge in [-0.3, -0.25) is 0 Å². The van der Waals surface area contributed by atoms with E-state index < -0.39 is 49.2 Å². The Bertz CT molecular complexity index is 276. The Hall–Kier alpha value is -0.280. The van der Waals surface area contributed by atoms with Crippen LogP contribution in [0, 0.1) is 0 Å². The molecule has 112 valence electrons. The summed E-state index contributed by atoms with van der Waals surface area (Å²) in [6, 6.07) is 0.